The molecule has 0 saturated carbocycles. The predicted molar refractivity (Wildman–Crippen MR) is 55.4 cm³/mol. The molecule has 0 spiro atoms. The van der Waals surface area contributed by atoms with Gasteiger partial charge in [-0.2, -0.15) is 0 Å². The molecular formula is C10H15BrO2. The average molecular weight is 247 g/mol. The highest BCUT2D eigenvalue weighted by Gasteiger charge is 2.13. The Balaban J connectivity index is 2.49. The standard InChI is InChI=1S/C10H15BrO2/c1-7(2)3-4-9(12)8-5-6-13-10(8)11/h5-7,9,12H,3-4H2,1-2H3. The Morgan fingerprint density at radius 2 is 2.15 bits per heavy atom. The molecule has 0 saturated heterocycles. The molecule has 0 aliphatic carbocycles. The van der Waals surface area contributed by atoms with Crippen molar-refractivity contribution in [2.45, 2.75) is 32.8 Å². The van der Waals surface area contributed by atoms with E-state index in [9.17, 15) is 5.11 Å². The van der Waals surface area contributed by atoms with E-state index >= 15 is 0 Å². The second kappa shape index (κ2) is 4.82. The van der Waals surface area contributed by atoms with Crippen molar-refractivity contribution in [2.75, 3.05) is 0 Å². The minimum atomic E-state index is -0.407. The zero-order valence-corrected chi connectivity index (χ0v) is 9.54. The minimum absolute atomic E-state index is 0.407. The van der Waals surface area contributed by atoms with E-state index in [1.54, 1.807) is 12.3 Å². The lowest BCUT2D eigenvalue weighted by Crippen LogP contribution is -1.99. The maximum absolute atomic E-state index is 9.75. The van der Waals surface area contributed by atoms with Crippen molar-refractivity contribution in [1.82, 2.24) is 0 Å². The predicted octanol–water partition coefficient (Wildman–Crippen LogP) is 3.51. The maximum Gasteiger partial charge on any atom is 0.174 e. The normalized spacial score (nSPS) is 13.6. The highest BCUT2D eigenvalue weighted by atomic mass is 79.9. The van der Waals surface area contributed by atoms with E-state index in [4.69, 9.17) is 4.42 Å². The average Bonchev–Trinajstić information content (AvgIpc) is 2.47. The van der Waals surface area contributed by atoms with Gasteiger partial charge in [0.1, 0.15) is 0 Å². The molecule has 1 atom stereocenters. The molecule has 0 fully saturated rings. The van der Waals surface area contributed by atoms with Crippen molar-refractivity contribution in [3.05, 3.63) is 22.6 Å². The zero-order chi connectivity index (χ0) is 9.84. The van der Waals surface area contributed by atoms with E-state index in [0.717, 1.165) is 18.4 Å². The largest absolute Gasteiger partial charge is 0.457 e. The van der Waals surface area contributed by atoms with Crippen molar-refractivity contribution >= 4 is 15.9 Å². The van der Waals surface area contributed by atoms with Gasteiger partial charge < -0.3 is 9.52 Å². The number of aliphatic hydroxyl groups excluding tert-OH is 1. The number of hydrogen-bond donors (Lipinski definition) is 1. The first-order chi connectivity index (χ1) is 6.11. The molecule has 74 valence electrons. The molecule has 0 aromatic carbocycles. The molecule has 3 heteroatoms. The third kappa shape index (κ3) is 3.16. The van der Waals surface area contributed by atoms with Gasteiger partial charge in [0.05, 0.1) is 12.4 Å². The van der Waals surface area contributed by atoms with Crippen LogP contribution in [0.15, 0.2) is 21.4 Å². The fraction of sp³-hybridized carbons (Fsp3) is 0.600. The van der Waals surface area contributed by atoms with E-state index in [2.05, 4.69) is 29.8 Å². The lowest BCUT2D eigenvalue weighted by atomic mass is 10.0. The van der Waals surface area contributed by atoms with Gasteiger partial charge in [0.15, 0.2) is 4.67 Å². The summed E-state index contributed by atoms with van der Waals surface area (Å²) in [5, 5.41) is 9.75. The first-order valence-electron chi connectivity index (χ1n) is 4.52. The summed E-state index contributed by atoms with van der Waals surface area (Å²) >= 11 is 3.25. The van der Waals surface area contributed by atoms with Crippen LogP contribution in [0.1, 0.15) is 38.4 Å². The second-order valence-corrected chi connectivity index (χ2v) is 4.36. The minimum Gasteiger partial charge on any atom is -0.457 e. The molecule has 0 amide bonds. The third-order valence-corrected chi connectivity index (χ3v) is 2.67. The van der Waals surface area contributed by atoms with Gasteiger partial charge in [0.25, 0.3) is 0 Å². The topological polar surface area (TPSA) is 33.4 Å². The molecule has 2 nitrogen and oxygen atoms in total. The van der Waals surface area contributed by atoms with E-state index in [1.165, 1.54) is 0 Å². The second-order valence-electron chi connectivity index (χ2n) is 3.64. The Hall–Kier alpha value is -0.280. The molecule has 1 N–H and O–H groups in total. The quantitative estimate of drug-likeness (QED) is 0.883. The van der Waals surface area contributed by atoms with E-state index < -0.39 is 6.10 Å². The van der Waals surface area contributed by atoms with Gasteiger partial charge in [-0.15, -0.1) is 0 Å². The van der Waals surface area contributed by atoms with Crippen LogP contribution in [0.5, 0.6) is 0 Å². The van der Waals surface area contributed by atoms with Crippen LogP contribution in [0.3, 0.4) is 0 Å². The number of hydrogen-bond acceptors (Lipinski definition) is 2. The SMILES string of the molecule is CC(C)CCC(O)c1ccoc1Br. The fourth-order valence-electron chi connectivity index (χ4n) is 1.19. The van der Waals surface area contributed by atoms with Gasteiger partial charge in [0, 0.05) is 5.56 Å². The molecule has 0 aliphatic rings. The van der Waals surface area contributed by atoms with E-state index in [0.29, 0.717) is 10.6 Å². The highest BCUT2D eigenvalue weighted by Crippen LogP contribution is 2.28. The summed E-state index contributed by atoms with van der Waals surface area (Å²) in [5.74, 6) is 0.625. The van der Waals surface area contributed by atoms with Gasteiger partial charge in [-0.05, 0) is 40.8 Å². The molecule has 13 heavy (non-hydrogen) atoms. The number of aliphatic hydroxyl groups is 1. The summed E-state index contributed by atoms with van der Waals surface area (Å²) in [7, 11) is 0. The third-order valence-electron chi connectivity index (χ3n) is 2.02. The number of halogens is 1. The molecule has 1 rings (SSSR count). The van der Waals surface area contributed by atoms with E-state index in [-0.39, 0.29) is 0 Å². The Bertz CT molecular complexity index is 255. The summed E-state index contributed by atoms with van der Waals surface area (Å²) in [6.45, 7) is 4.30. The molecule has 0 bridgehead atoms. The summed E-state index contributed by atoms with van der Waals surface area (Å²) in [5.41, 5.74) is 0.848. The molecule has 1 heterocycles. The van der Waals surface area contributed by atoms with E-state index in [1.807, 2.05) is 0 Å². The summed E-state index contributed by atoms with van der Waals surface area (Å²) in [6, 6.07) is 1.80. The van der Waals surface area contributed by atoms with Crippen LogP contribution in [-0.4, -0.2) is 5.11 Å². The fourth-order valence-corrected chi connectivity index (χ4v) is 1.69. The van der Waals surface area contributed by atoms with Crippen LogP contribution >= 0.6 is 15.9 Å². The summed E-state index contributed by atoms with van der Waals surface area (Å²) in [6.07, 6.45) is 2.99. The van der Waals surface area contributed by atoms with Crippen LogP contribution in [0.25, 0.3) is 0 Å². The van der Waals surface area contributed by atoms with Crippen LogP contribution < -0.4 is 0 Å². The van der Waals surface area contributed by atoms with Crippen LogP contribution in [0.4, 0.5) is 0 Å². The number of furan rings is 1. The summed E-state index contributed by atoms with van der Waals surface area (Å²) < 4.78 is 5.69. The first kappa shape index (κ1) is 10.8. The van der Waals surface area contributed by atoms with Crippen molar-refractivity contribution in [2.24, 2.45) is 5.92 Å². The van der Waals surface area contributed by atoms with Crippen molar-refractivity contribution in [3.8, 4) is 0 Å². The molecule has 1 aromatic heterocycles. The van der Waals surface area contributed by atoms with Crippen molar-refractivity contribution in [1.29, 1.82) is 0 Å². The Kier molecular flexibility index (Phi) is 4.00. The van der Waals surface area contributed by atoms with Gasteiger partial charge in [0.2, 0.25) is 0 Å². The van der Waals surface area contributed by atoms with Gasteiger partial charge >= 0.3 is 0 Å². The first-order valence-corrected chi connectivity index (χ1v) is 5.31. The molecular weight excluding hydrogens is 232 g/mol. The van der Waals surface area contributed by atoms with Gasteiger partial charge in [-0.3, -0.25) is 0 Å². The monoisotopic (exact) mass is 246 g/mol. The summed E-state index contributed by atoms with van der Waals surface area (Å²) in [4.78, 5) is 0. The number of rotatable bonds is 4. The Morgan fingerprint density at radius 3 is 2.62 bits per heavy atom. The lowest BCUT2D eigenvalue weighted by molar-refractivity contribution is 0.157. The van der Waals surface area contributed by atoms with Gasteiger partial charge in [-0.25, -0.2) is 0 Å². The molecule has 1 aromatic rings. The van der Waals surface area contributed by atoms with Crippen molar-refractivity contribution < 1.29 is 9.52 Å². The molecule has 1 unspecified atom stereocenters. The zero-order valence-electron chi connectivity index (χ0n) is 7.96. The Labute approximate surface area is 87.1 Å². The lowest BCUT2D eigenvalue weighted by Gasteiger charge is -2.10. The molecule has 0 aliphatic heterocycles. The van der Waals surface area contributed by atoms with Crippen LogP contribution in [0.2, 0.25) is 0 Å². The smallest absolute Gasteiger partial charge is 0.174 e. The maximum atomic E-state index is 9.75. The Morgan fingerprint density at radius 1 is 1.46 bits per heavy atom. The van der Waals surface area contributed by atoms with Crippen LogP contribution in [-0.2, 0) is 0 Å². The van der Waals surface area contributed by atoms with Gasteiger partial charge in [-0.1, -0.05) is 13.8 Å². The van der Waals surface area contributed by atoms with Crippen LogP contribution in [0, 0.1) is 5.92 Å². The van der Waals surface area contributed by atoms with Crippen molar-refractivity contribution in [3.63, 3.8) is 0 Å². The highest BCUT2D eigenvalue weighted by molar-refractivity contribution is 9.10. The molecule has 0 radical (unpaired) electrons.